The van der Waals surface area contributed by atoms with Crippen molar-refractivity contribution < 1.29 is 4.39 Å². The Kier molecular flexibility index (Phi) is 4.54. The number of nitrogens with zero attached hydrogens (tertiary/aromatic N) is 7. The van der Waals surface area contributed by atoms with Crippen molar-refractivity contribution in [2.24, 2.45) is 0 Å². The first-order valence-electron chi connectivity index (χ1n) is 8.27. The Balaban J connectivity index is 1.43. The topological polar surface area (TPSA) is 63.0 Å². The van der Waals surface area contributed by atoms with Crippen LogP contribution in [0.5, 0.6) is 0 Å². The summed E-state index contributed by atoms with van der Waals surface area (Å²) in [6, 6.07) is 7.20. The molecule has 3 aromatic rings. The Bertz CT molecular complexity index is 904. The van der Waals surface area contributed by atoms with Gasteiger partial charge in [-0.05, 0) is 47.1 Å². The summed E-state index contributed by atoms with van der Waals surface area (Å²) < 4.78 is 16.4. The van der Waals surface area contributed by atoms with Crippen molar-refractivity contribution in [3.05, 3.63) is 52.6 Å². The number of aryl methyl sites for hydroxylation is 1. The highest BCUT2D eigenvalue weighted by Gasteiger charge is 2.21. The first-order valence-corrected chi connectivity index (χ1v) is 9.07. The summed E-state index contributed by atoms with van der Waals surface area (Å²) in [5, 5.41) is 12.9. The molecule has 1 saturated heterocycles. The lowest BCUT2D eigenvalue weighted by Crippen LogP contribution is -2.47. The second kappa shape index (κ2) is 6.99. The third kappa shape index (κ3) is 3.39. The van der Waals surface area contributed by atoms with E-state index in [0.29, 0.717) is 29.2 Å². The summed E-state index contributed by atoms with van der Waals surface area (Å²) >= 11 is 3.23. The average molecular weight is 418 g/mol. The van der Waals surface area contributed by atoms with E-state index in [1.165, 1.54) is 6.07 Å². The number of rotatable bonds is 3. The van der Waals surface area contributed by atoms with Crippen molar-refractivity contribution >= 4 is 27.6 Å². The molecule has 0 radical (unpaired) electrons. The van der Waals surface area contributed by atoms with Gasteiger partial charge in [-0.1, -0.05) is 0 Å². The third-order valence-corrected chi connectivity index (χ3v) is 4.72. The third-order valence-electron chi connectivity index (χ3n) is 4.29. The maximum atomic E-state index is 14.1. The van der Waals surface area contributed by atoms with Gasteiger partial charge in [-0.2, -0.15) is 5.10 Å². The van der Waals surface area contributed by atoms with Gasteiger partial charge in [0.2, 0.25) is 0 Å². The summed E-state index contributed by atoms with van der Waals surface area (Å²) in [6.45, 7) is 4.74. The van der Waals surface area contributed by atoms with Crippen molar-refractivity contribution in [2.45, 2.75) is 6.92 Å². The number of halogens is 2. The normalized spacial score (nSPS) is 14.7. The minimum absolute atomic E-state index is 0.313. The van der Waals surface area contributed by atoms with Crippen molar-refractivity contribution in [3.8, 4) is 5.82 Å². The second-order valence-electron chi connectivity index (χ2n) is 6.08. The Labute approximate surface area is 158 Å². The second-order valence-corrected chi connectivity index (χ2v) is 7.00. The molecule has 1 aliphatic heterocycles. The van der Waals surface area contributed by atoms with E-state index in [0.717, 1.165) is 24.6 Å². The highest BCUT2D eigenvalue weighted by atomic mass is 79.9. The summed E-state index contributed by atoms with van der Waals surface area (Å²) in [4.78, 5) is 8.28. The lowest BCUT2D eigenvalue weighted by molar-refractivity contribution is 0.585. The molecule has 3 aromatic heterocycles. The molecule has 0 N–H and O–H groups in total. The highest BCUT2D eigenvalue weighted by molar-refractivity contribution is 9.10. The average Bonchev–Trinajstić information content (AvgIpc) is 3.09. The Morgan fingerprint density at radius 1 is 1.00 bits per heavy atom. The number of piperazine rings is 1. The fraction of sp³-hybridized carbons (Fsp3) is 0.294. The van der Waals surface area contributed by atoms with E-state index in [4.69, 9.17) is 0 Å². The minimum atomic E-state index is -0.313. The molecule has 0 unspecified atom stereocenters. The Morgan fingerprint density at radius 3 is 2.31 bits per heavy atom. The van der Waals surface area contributed by atoms with Crippen LogP contribution in [0.4, 0.5) is 16.0 Å². The smallest absolute Gasteiger partial charge is 0.175 e. The molecule has 0 spiro atoms. The number of pyridine rings is 1. The molecule has 4 heterocycles. The molecule has 4 rings (SSSR count). The standard InChI is InChI=1S/C17H17BrFN7/c1-12-4-5-26(23-12)16-3-2-15(21-22-16)24-6-8-25(9-7-24)17-14(19)10-13(18)11-20-17/h2-5,10-11H,6-9H2,1H3. The van der Waals surface area contributed by atoms with Crippen LogP contribution in [-0.4, -0.2) is 51.1 Å². The molecule has 1 aliphatic rings. The van der Waals surface area contributed by atoms with Gasteiger partial charge in [0.25, 0.3) is 0 Å². The molecule has 0 saturated carbocycles. The first-order chi connectivity index (χ1) is 12.6. The lowest BCUT2D eigenvalue weighted by atomic mass is 10.3. The molecule has 26 heavy (non-hydrogen) atoms. The quantitative estimate of drug-likeness (QED) is 0.652. The van der Waals surface area contributed by atoms with E-state index in [-0.39, 0.29) is 5.82 Å². The maximum Gasteiger partial charge on any atom is 0.175 e. The van der Waals surface area contributed by atoms with Crippen LogP contribution in [0, 0.1) is 12.7 Å². The predicted molar refractivity (Wildman–Crippen MR) is 100 cm³/mol. The van der Waals surface area contributed by atoms with Crippen LogP contribution >= 0.6 is 15.9 Å². The van der Waals surface area contributed by atoms with Crippen molar-refractivity contribution in [3.63, 3.8) is 0 Å². The van der Waals surface area contributed by atoms with Gasteiger partial charge >= 0.3 is 0 Å². The highest BCUT2D eigenvalue weighted by Crippen LogP contribution is 2.22. The molecule has 134 valence electrons. The van der Waals surface area contributed by atoms with Gasteiger partial charge in [0.05, 0.1) is 5.69 Å². The Morgan fingerprint density at radius 2 is 1.69 bits per heavy atom. The van der Waals surface area contributed by atoms with Gasteiger partial charge < -0.3 is 9.80 Å². The number of hydrogen-bond acceptors (Lipinski definition) is 6. The van der Waals surface area contributed by atoms with Crippen LogP contribution in [-0.2, 0) is 0 Å². The minimum Gasteiger partial charge on any atom is -0.352 e. The zero-order valence-corrected chi connectivity index (χ0v) is 15.8. The molecule has 0 amide bonds. The van der Waals surface area contributed by atoms with E-state index < -0.39 is 0 Å². The number of aromatic nitrogens is 5. The van der Waals surface area contributed by atoms with Gasteiger partial charge in [-0.25, -0.2) is 14.1 Å². The molecule has 1 fully saturated rings. The first kappa shape index (κ1) is 16.9. The van der Waals surface area contributed by atoms with Gasteiger partial charge in [0, 0.05) is 43.0 Å². The summed E-state index contributed by atoms with van der Waals surface area (Å²) in [7, 11) is 0. The van der Waals surface area contributed by atoms with Crippen molar-refractivity contribution in [2.75, 3.05) is 36.0 Å². The largest absolute Gasteiger partial charge is 0.352 e. The monoisotopic (exact) mass is 417 g/mol. The SMILES string of the molecule is Cc1ccn(-c2ccc(N3CCN(c4ncc(Br)cc4F)CC3)nn2)n1. The molecule has 9 heteroatoms. The number of anilines is 2. The molecular formula is C17H17BrFN7. The summed E-state index contributed by atoms with van der Waals surface area (Å²) in [6.07, 6.45) is 3.48. The van der Waals surface area contributed by atoms with Crippen LogP contribution in [0.25, 0.3) is 5.82 Å². The Hall–Kier alpha value is -2.55. The van der Waals surface area contributed by atoms with Crippen LogP contribution < -0.4 is 9.80 Å². The zero-order chi connectivity index (χ0) is 18.1. The van der Waals surface area contributed by atoms with Crippen LogP contribution in [0.1, 0.15) is 5.69 Å². The van der Waals surface area contributed by atoms with Crippen LogP contribution in [0.15, 0.2) is 41.1 Å². The van der Waals surface area contributed by atoms with E-state index in [2.05, 4.69) is 41.1 Å². The van der Waals surface area contributed by atoms with E-state index in [9.17, 15) is 4.39 Å². The van der Waals surface area contributed by atoms with E-state index in [1.54, 1.807) is 10.9 Å². The molecule has 7 nitrogen and oxygen atoms in total. The van der Waals surface area contributed by atoms with Crippen molar-refractivity contribution in [1.29, 1.82) is 0 Å². The molecule has 0 atom stereocenters. The van der Waals surface area contributed by atoms with E-state index >= 15 is 0 Å². The van der Waals surface area contributed by atoms with Crippen LogP contribution in [0.3, 0.4) is 0 Å². The van der Waals surface area contributed by atoms with Crippen molar-refractivity contribution in [1.82, 2.24) is 25.0 Å². The molecule has 0 aromatic carbocycles. The van der Waals surface area contributed by atoms with Gasteiger partial charge in [0.1, 0.15) is 0 Å². The lowest BCUT2D eigenvalue weighted by Gasteiger charge is -2.35. The van der Waals surface area contributed by atoms with Crippen LogP contribution in [0.2, 0.25) is 0 Å². The van der Waals surface area contributed by atoms with Gasteiger partial charge in [-0.3, -0.25) is 0 Å². The van der Waals surface area contributed by atoms with Gasteiger partial charge in [-0.15, -0.1) is 10.2 Å². The van der Waals surface area contributed by atoms with E-state index in [1.807, 2.05) is 36.2 Å². The fourth-order valence-electron chi connectivity index (χ4n) is 2.94. The van der Waals surface area contributed by atoms with Gasteiger partial charge in [0.15, 0.2) is 23.3 Å². The fourth-order valence-corrected chi connectivity index (χ4v) is 3.24. The molecule has 0 bridgehead atoms. The summed E-state index contributed by atoms with van der Waals surface area (Å²) in [5.74, 6) is 1.57. The maximum absolute atomic E-state index is 14.1. The molecular weight excluding hydrogens is 401 g/mol. The predicted octanol–water partition coefficient (Wildman–Crippen LogP) is 2.59. The summed E-state index contributed by atoms with van der Waals surface area (Å²) in [5.41, 5.74) is 0.931. The zero-order valence-electron chi connectivity index (χ0n) is 14.2. The number of hydrogen-bond donors (Lipinski definition) is 0. The molecule has 0 aliphatic carbocycles.